The predicted molar refractivity (Wildman–Crippen MR) is 118 cm³/mol. The zero-order chi connectivity index (χ0) is 18.4. The van der Waals surface area contributed by atoms with E-state index >= 15 is 0 Å². The Balaban J connectivity index is 0.00000261. The van der Waals surface area contributed by atoms with E-state index in [-0.39, 0.29) is 30.0 Å². The third-order valence-electron chi connectivity index (χ3n) is 4.15. The van der Waals surface area contributed by atoms with Crippen molar-refractivity contribution in [1.82, 2.24) is 19.9 Å². The highest BCUT2D eigenvalue weighted by Crippen LogP contribution is 2.22. The SMILES string of the molecule is CN=C(NCCn1cccc1)NCc1ccc(S(=O)(=O)NC2CC2)cc1.I. The third kappa shape index (κ3) is 6.82. The Morgan fingerprint density at radius 3 is 2.41 bits per heavy atom. The zero-order valence-electron chi connectivity index (χ0n) is 15.3. The summed E-state index contributed by atoms with van der Waals surface area (Å²) in [5.74, 6) is 0.712. The van der Waals surface area contributed by atoms with E-state index in [1.54, 1.807) is 19.2 Å². The number of halogens is 1. The zero-order valence-corrected chi connectivity index (χ0v) is 18.4. The summed E-state index contributed by atoms with van der Waals surface area (Å²) >= 11 is 0. The molecule has 148 valence electrons. The maximum atomic E-state index is 12.2. The van der Waals surface area contributed by atoms with Gasteiger partial charge in [-0.1, -0.05) is 12.1 Å². The van der Waals surface area contributed by atoms with E-state index in [0.29, 0.717) is 17.4 Å². The summed E-state index contributed by atoms with van der Waals surface area (Å²) in [6, 6.07) is 11.0. The Labute approximate surface area is 177 Å². The van der Waals surface area contributed by atoms with Gasteiger partial charge in [-0.2, -0.15) is 0 Å². The standard InChI is InChI=1S/C18H25N5O2S.HI/c1-19-18(20-10-13-23-11-2-3-12-23)21-14-15-4-8-17(9-5-15)26(24,25)22-16-6-7-16;/h2-5,8-9,11-12,16,22H,6-7,10,13-14H2,1H3,(H2,19,20,21);1H. The molecule has 1 aliphatic rings. The highest BCUT2D eigenvalue weighted by molar-refractivity contribution is 14.0. The van der Waals surface area contributed by atoms with Gasteiger partial charge in [-0.05, 0) is 42.7 Å². The molecule has 27 heavy (non-hydrogen) atoms. The number of aliphatic imine (C=N–C) groups is 1. The van der Waals surface area contributed by atoms with Crippen LogP contribution in [0.3, 0.4) is 0 Å². The lowest BCUT2D eigenvalue weighted by atomic mass is 10.2. The van der Waals surface area contributed by atoms with E-state index in [1.807, 2.05) is 36.7 Å². The van der Waals surface area contributed by atoms with E-state index in [9.17, 15) is 8.42 Å². The molecule has 0 unspecified atom stereocenters. The van der Waals surface area contributed by atoms with Crippen LogP contribution in [0, 0.1) is 0 Å². The Bertz CT molecular complexity index is 831. The summed E-state index contributed by atoms with van der Waals surface area (Å²) in [5, 5.41) is 6.49. The maximum Gasteiger partial charge on any atom is 0.240 e. The third-order valence-corrected chi connectivity index (χ3v) is 5.68. The molecule has 0 atom stereocenters. The maximum absolute atomic E-state index is 12.2. The van der Waals surface area contributed by atoms with Crippen LogP contribution in [0.1, 0.15) is 18.4 Å². The Morgan fingerprint density at radius 1 is 1.15 bits per heavy atom. The molecule has 0 aliphatic heterocycles. The normalized spacial score (nSPS) is 14.5. The minimum absolute atomic E-state index is 0. The van der Waals surface area contributed by atoms with Gasteiger partial charge in [0.1, 0.15) is 0 Å². The molecule has 3 rings (SSSR count). The summed E-state index contributed by atoms with van der Waals surface area (Å²) in [7, 11) is -1.67. The number of rotatable bonds is 8. The first kappa shape index (κ1) is 21.7. The van der Waals surface area contributed by atoms with Crippen molar-refractivity contribution in [2.75, 3.05) is 13.6 Å². The number of hydrogen-bond donors (Lipinski definition) is 3. The van der Waals surface area contributed by atoms with Crippen LogP contribution < -0.4 is 15.4 Å². The van der Waals surface area contributed by atoms with Crippen LogP contribution in [0.5, 0.6) is 0 Å². The van der Waals surface area contributed by atoms with Gasteiger partial charge in [0.05, 0.1) is 4.90 Å². The minimum Gasteiger partial charge on any atom is -0.355 e. The first-order valence-electron chi connectivity index (χ1n) is 8.73. The fourth-order valence-electron chi connectivity index (χ4n) is 2.50. The van der Waals surface area contributed by atoms with E-state index in [1.165, 1.54) is 0 Å². The van der Waals surface area contributed by atoms with Gasteiger partial charge >= 0.3 is 0 Å². The van der Waals surface area contributed by atoms with E-state index < -0.39 is 10.0 Å². The van der Waals surface area contributed by atoms with Crippen molar-refractivity contribution < 1.29 is 8.42 Å². The van der Waals surface area contributed by atoms with Crippen molar-refractivity contribution >= 4 is 40.0 Å². The number of aromatic nitrogens is 1. The van der Waals surface area contributed by atoms with Gasteiger partial charge in [0.15, 0.2) is 5.96 Å². The molecule has 1 aromatic heterocycles. The van der Waals surface area contributed by atoms with Gasteiger partial charge < -0.3 is 15.2 Å². The molecule has 0 spiro atoms. The van der Waals surface area contributed by atoms with Crippen molar-refractivity contribution in [3.05, 3.63) is 54.4 Å². The van der Waals surface area contributed by atoms with Crippen molar-refractivity contribution in [3.63, 3.8) is 0 Å². The lowest BCUT2D eigenvalue weighted by Crippen LogP contribution is -2.38. The Morgan fingerprint density at radius 2 is 1.81 bits per heavy atom. The number of nitrogens with zero attached hydrogens (tertiary/aromatic N) is 2. The highest BCUT2D eigenvalue weighted by Gasteiger charge is 2.27. The van der Waals surface area contributed by atoms with Gasteiger partial charge in [-0.25, -0.2) is 13.1 Å². The largest absolute Gasteiger partial charge is 0.355 e. The first-order chi connectivity index (χ1) is 12.6. The van der Waals surface area contributed by atoms with Gasteiger partial charge in [-0.3, -0.25) is 4.99 Å². The molecule has 2 aromatic rings. The lowest BCUT2D eigenvalue weighted by molar-refractivity contribution is 0.581. The first-order valence-corrected chi connectivity index (χ1v) is 10.2. The number of guanidine groups is 1. The van der Waals surface area contributed by atoms with E-state index in [0.717, 1.165) is 31.5 Å². The Hall–Kier alpha value is -1.59. The molecule has 1 aromatic carbocycles. The molecule has 1 heterocycles. The van der Waals surface area contributed by atoms with Crippen molar-refractivity contribution in [2.45, 2.75) is 36.9 Å². The number of hydrogen-bond acceptors (Lipinski definition) is 3. The highest BCUT2D eigenvalue weighted by atomic mass is 127. The van der Waals surface area contributed by atoms with E-state index in [4.69, 9.17) is 0 Å². The molecule has 0 radical (unpaired) electrons. The molecule has 1 fully saturated rings. The molecule has 0 saturated heterocycles. The minimum atomic E-state index is -3.39. The van der Waals surface area contributed by atoms with Crippen LogP contribution in [0.25, 0.3) is 0 Å². The van der Waals surface area contributed by atoms with Crippen molar-refractivity contribution in [2.24, 2.45) is 4.99 Å². The van der Waals surface area contributed by atoms with Crippen molar-refractivity contribution in [3.8, 4) is 0 Å². The second kappa shape index (κ2) is 10.1. The second-order valence-corrected chi connectivity index (χ2v) is 8.03. The monoisotopic (exact) mass is 503 g/mol. The number of benzene rings is 1. The van der Waals surface area contributed by atoms with Crippen molar-refractivity contribution in [1.29, 1.82) is 0 Å². The van der Waals surface area contributed by atoms with Crippen LogP contribution in [0.4, 0.5) is 0 Å². The fraction of sp³-hybridized carbons (Fsp3) is 0.389. The molecule has 0 bridgehead atoms. The molecule has 1 aliphatic carbocycles. The number of sulfonamides is 1. The topological polar surface area (TPSA) is 87.5 Å². The average molecular weight is 503 g/mol. The lowest BCUT2D eigenvalue weighted by Gasteiger charge is -2.13. The van der Waals surface area contributed by atoms with Crippen LogP contribution in [0.2, 0.25) is 0 Å². The molecule has 1 saturated carbocycles. The summed E-state index contributed by atoms with van der Waals surface area (Å²) in [6.45, 7) is 2.19. The van der Waals surface area contributed by atoms with Crippen LogP contribution in [-0.4, -0.2) is 38.6 Å². The fourth-order valence-corrected chi connectivity index (χ4v) is 3.81. The molecule has 3 N–H and O–H groups in total. The second-order valence-electron chi connectivity index (χ2n) is 6.31. The molecular weight excluding hydrogens is 477 g/mol. The van der Waals surface area contributed by atoms with Crippen LogP contribution in [0.15, 0.2) is 58.7 Å². The van der Waals surface area contributed by atoms with Gasteiger partial charge in [0.25, 0.3) is 0 Å². The molecule has 7 nitrogen and oxygen atoms in total. The molecular formula is C18H26IN5O2S. The summed E-state index contributed by atoms with van der Waals surface area (Å²) < 4.78 is 29.1. The van der Waals surface area contributed by atoms with E-state index in [2.05, 4.69) is 24.9 Å². The predicted octanol–water partition coefficient (Wildman–Crippen LogP) is 1.91. The summed E-state index contributed by atoms with van der Waals surface area (Å²) in [6.07, 6.45) is 5.90. The quantitative estimate of drug-likeness (QED) is 0.292. The number of nitrogens with one attached hydrogen (secondary N) is 3. The smallest absolute Gasteiger partial charge is 0.240 e. The Kier molecular flexibility index (Phi) is 8.11. The molecule has 0 amide bonds. The van der Waals surface area contributed by atoms with Gasteiger partial charge in [-0.15, -0.1) is 24.0 Å². The summed E-state index contributed by atoms with van der Waals surface area (Å²) in [4.78, 5) is 4.51. The van der Waals surface area contributed by atoms with Gasteiger partial charge in [0, 0.05) is 45.1 Å². The van der Waals surface area contributed by atoms with Gasteiger partial charge in [0.2, 0.25) is 10.0 Å². The van der Waals surface area contributed by atoms with Crippen LogP contribution in [-0.2, 0) is 23.1 Å². The molecule has 9 heteroatoms. The summed E-state index contributed by atoms with van der Waals surface area (Å²) in [5.41, 5.74) is 0.990. The van der Waals surface area contributed by atoms with Crippen LogP contribution >= 0.6 is 24.0 Å². The average Bonchev–Trinajstić information content (AvgIpc) is 3.28.